The molecular weight excluding hydrogens is 457 g/mol. The first-order valence-electron chi connectivity index (χ1n) is 9.40. The van der Waals surface area contributed by atoms with Crippen LogP contribution in [0.4, 0.5) is 18.9 Å². The van der Waals surface area contributed by atoms with Crippen LogP contribution in [0.15, 0.2) is 38.0 Å². The zero-order chi connectivity index (χ0) is 22.6. The summed E-state index contributed by atoms with van der Waals surface area (Å²) in [6.45, 7) is 0.943. The molecule has 31 heavy (non-hydrogen) atoms. The first-order chi connectivity index (χ1) is 14.5. The van der Waals surface area contributed by atoms with Gasteiger partial charge in [-0.2, -0.15) is 13.2 Å². The van der Waals surface area contributed by atoms with Crippen molar-refractivity contribution in [2.75, 3.05) is 31.4 Å². The van der Waals surface area contributed by atoms with E-state index in [4.69, 9.17) is 0 Å². The summed E-state index contributed by atoms with van der Waals surface area (Å²) < 4.78 is 70.7. The Hall–Kier alpha value is -2.28. The van der Waals surface area contributed by atoms with Crippen molar-refractivity contribution in [1.29, 1.82) is 0 Å². The normalized spacial score (nSPS) is 23.6. The number of ether oxygens (including phenoxy) is 1. The van der Waals surface area contributed by atoms with Gasteiger partial charge in [0.1, 0.15) is 0 Å². The summed E-state index contributed by atoms with van der Waals surface area (Å²) in [5, 5.41) is -0.112. The number of carbonyl (C=O) groups is 1. The topological polar surface area (TPSA) is 91.6 Å². The maximum atomic E-state index is 14.1. The number of anilines is 1. The van der Waals surface area contributed by atoms with E-state index in [1.165, 1.54) is 23.1 Å². The Morgan fingerprint density at radius 2 is 1.87 bits per heavy atom. The number of carbonyl (C=O) groups excluding carboxylic acids is 1. The van der Waals surface area contributed by atoms with Gasteiger partial charge in [-0.1, -0.05) is 0 Å². The van der Waals surface area contributed by atoms with Crippen molar-refractivity contribution in [2.45, 2.75) is 40.9 Å². The minimum atomic E-state index is -5.13. The van der Waals surface area contributed by atoms with Crippen molar-refractivity contribution in [3.05, 3.63) is 18.2 Å². The molecule has 168 valence electrons. The highest BCUT2D eigenvalue weighted by Crippen LogP contribution is 2.48. The number of rotatable bonds is 2. The van der Waals surface area contributed by atoms with Crippen molar-refractivity contribution < 1.29 is 31.1 Å². The molecule has 3 aliphatic heterocycles. The van der Waals surface area contributed by atoms with E-state index in [1.807, 2.05) is 0 Å². The lowest BCUT2D eigenvalue weighted by atomic mass is 10.1. The summed E-state index contributed by atoms with van der Waals surface area (Å²) in [6, 6.07) is 4.29. The van der Waals surface area contributed by atoms with Gasteiger partial charge >= 0.3 is 17.8 Å². The SMILES string of the molecule is COC(=O)[C@]1(C(F)(F)F)N=C2Sc3cc(S(C)(=O)=O)ccc3N2C(N2CCCCC2)=N1. The van der Waals surface area contributed by atoms with Crippen LogP contribution in [0.2, 0.25) is 0 Å². The van der Waals surface area contributed by atoms with E-state index in [-0.39, 0.29) is 16.0 Å². The number of thioether (sulfide) groups is 1. The van der Waals surface area contributed by atoms with Gasteiger partial charge in [0, 0.05) is 24.2 Å². The molecule has 4 rings (SSSR count). The van der Waals surface area contributed by atoms with Gasteiger partial charge in [0.25, 0.3) is 0 Å². The summed E-state index contributed by atoms with van der Waals surface area (Å²) in [6.07, 6.45) is -1.61. The first-order valence-corrected chi connectivity index (χ1v) is 12.1. The van der Waals surface area contributed by atoms with E-state index in [9.17, 15) is 26.4 Å². The third-order valence-electron chi connectivity index (χ3n) is 5.22. The Labute approximate surface area is 181 Å². The predicted octanol–water partition coefficient (Wildman–Crippen LogP) is 2.65. The number of guanidine groups is 1. The molecule has 0 aliphatic carbocycles. The van der Waals surface area contributed by atoms with Crippen LogP contribution in [0, 0.1) is 0 Å². The molecule has 0 unspecified atom stereocenters. The second-order valence-corrected chi connectivity index (χ2v) is 10.4. The number of fused-ring (bicyclic) bond motifs is 3. The third-order valence-corrected chi connectivity index (χ3v) is 7.33. The van der Waals surface area contributed by atoms with Crippen LogP contribution in [-0.4, -0.2) is 68.7 Å². The Kier molecular flexibility index (Phi) is 5.23. The predicted molar refractivity (Wildman–Crippen MR) is 109 cm³/mol. The molecule has 1 aromatic carbocycles. The second-order valence-electron chi connectivity index (χ2n) is 7.35. The number of methoxy groups -OCH3 is 1. The standard InChI is InChI=1S/C18H19F3N4O4S2/c1-29-14(26)17(18(19,20)21)22-15(24-8-4-3-5-9-24)25-12-7-6-11(31(2,27)28)10-13(12)30-16(25)23-17/h6-7,10H,3-5,8-9H2,1-2H3/t17-/m1/s1. The molecule has 0 saturated carbocycles. The van der Waals surface area contributed by atoms with Crippen LogP contribution >= 0.6 is 11.8 Å². The lowest BCUT2D eigenvalue weighted by Crippen LogP contribution is -2.59. The molecule has 1 atom stereocenters. The largest absolute Gasteiger partial charge is 0.465 e. The number of piperidine rings is 1. The van der Waals surface area contributed by atoms with E-state index >= 15 is 0 Å². The quantitative estimate of drug-likeness (QED) is 0.606. The van der Waals surface area contributed by atoms with Gasteiger partial charge in [-0.25, -0.2) is 23.2 Å². The van der Waals surface area contributed by atoms with Crippen LogP contribution in [0.5, 0.6) is 0 Å². The average molecular weight is 477 g/mol. The molecule has 13 heteroatoms. The average Bonchev–Trinajstić information content (AvgIpc) is 3.09. The van der Waals surface area contributed by atoms with Crippen LogP contribution in [-0.2, 0) is 19.4 Å². The van der Waals surface area contributed by atoms with Crippen molar-refractivity contribution >= 4 is 44.4 Å². The number of esters is 1. The molecule has 1 fully saturated rings. The first kappa shape index (κ1) is 21.9. The second kappa shape index (κ2) is 7.40. The minimum Gasteiger partial charge on any atom is -0.465 e. The van der Waals surface area contributed by atoms with E-state index in [1.54, 1.807) is 4.90 Å². The maximum absolute atomic E-state index is 14.1. The number of amidine groups is 1. The van der Waals surface area contributed by atoms with E-state index in [0.29, 0.717) is 23.7 Å². The van der Waals surface area contributed by atoms with Gasteiger partial charge < -0.3 is 9.64 Å². The smallest absolute Gasteiger partial charge is 0.446 e. The number of hydrogen-bond acceptors (Lipinski definition) is 9. The van der Waals surface area contributed by atoms with Crippen molar-refractivity contribution in [1.82, 2.24) is 4.90 Å². The number of hydrogen-bond donors (Lipinski definition) is 0. The lowest BCUT2D eigenvalue weighted by molar-refractivity contribution is -0.201. The number of benzene rings is 1. The van der Waals surface area contributed by atoms with Gasteiger partial charge in [0.2, 0.25) is 5.96 Å². The monoisotopic (exact) mass is 476 g/mol. The molecule has 8 nitrogen and oxygen atoms in total. The number of alkyl halides is 3. The van der Waals surface area contributed by atoms with E-state index < -0.39 is 27.6 Å². The minimum absolute atomic E-state index is 0.0331. The van der Waals surface area contributed by atoms with Gasteiger partial charge in [-0.15, -0.1) is 0 Å². The Balaban J connectivity index is 1.91. The molecular formula is C18H19F3N4O4S2. The van der Waals surface area contributed by atoms with Crippen molar-refractivity contribution in [2.24, 2.45) is 9.98 Å². The third kappa shape index (κ3) is 3.56. The maximum Gasteiger partial charge on any atom is 0.446 e. The highest BCUT2D eigenvalue weighted by molar-refractivity contribution is 8.15. The van der Waals surface area contributed by atoms with E-state index in [0.717, 1.165) is 44.4 Å². The Morgan fingerprint density at radius 3 is 2.45 bits per heavy atom. The number of halogens is 3. The molecule has 3 aliphatic rings. The molecule has 0 radical (unpaired) electrons. The summed E-state index contributed by atoms with van der Waals surface area (Å²) in [5.74, 6) is -1.68. The highest BCUT2D eigenvalue weighted by Gasteiger charge is 2.66. The molecule has 0 bridgehead atoms. The van der Waals surface area contributed by atoms with Crippen LogP contribution < -0.4 is 4.90 Å². The Bertz CT molecular complexity index is 1100. The summed E-state index contributed by atoms with van der Waals surface area (Å²) >= 11 is 0.861. The van der Waals surface area contributed by atoms with Crippen LogP contribution in [0.1, 0.15) is 19.3 Å². The molecule has 0 aromatic heterocycles. The summed E-state index contributed by atoms with van der Waals surface area (Å²) in [4.78, 5) is 23.5. The molecule has 0 amide bonds. The van der Waals surface area contributed by atoms with Gasteiger partial charge in [-0.3, -0.25) is 4.90 Å². The molecule has 3 heterocycles. The fourth-order valence-corrected chi connectivity index (χ4v) is 5.46. The molecule has 1 aromatic rings. The van der Waals surface area contributed by atoms with Crippen molar-refractivity contribution in [3.63, 3.8) is 0 Å². The number of sulfone groups is 1. The van der Waals surface area contributed by atoms with E-state index in [2.05, 4.69) is 14.7 Å². The van der Waals surface area contributed by atoms with Crippen LogP contribution in [0.25, 0.3) is 0 Å². The number of nitrogens with zero attached hydrogens (tertiary/aromatic N) is 4. The van der Waals surface area contributed by atoms with Crippen LogP contribution in [0.3, 0.4) is 0 Å². The molecule has 0 N–H and O–H groups in total. The lowest BCUT2D eigenvalue weighted by Gasteiger charge is -2.39. The molecule has 0 spiro atoms. The number of aliphatic imine (C=N–C) groups is 2. The van der Waals surface area contributed by atoms with Gasteiger partial charge in [0.15, 0.2) is 15.0 Å². The fraction of sp³-hybridized carbons (Fsp3) is 0.500. The van der Waals surface area contributed by atoms with Gasteiger partial charge in [-0.05, 0) is 49.2 Å². The fourth-order valence-electron chi connectivity index (χ4n) is 3.64. The zero-order valence-electron chi connectivity index (χ0n) is 16.6. The number of likely N-dealkylation sites (tertiary alicyclic amines) is 1. The molecule has 1 saturated heterocycles. The highest BCUT2D eigenvalue weighted by atomic mass is 32.2. The Morgan fingerprint density at radius 1 is 1.19 bits per heavy atom. The zero-order valence-corrected chi connectivity index (χ0v) is 18.3. The van der Waals surface area contributed by atoms with Gasteiger partial charge in [0.05, 0.1) is 17.7 Å². The van der Waals surface area contributed by atoms with Crippen molar-refractivity contribution in [3.8, 4) is 0 Å². The summed E-state index contributed by atoms with van der Waals surface area (Å²) in [7, 11) is -2.67. The summed E-state index contributed by atoms with van der Waals surface area (Å²) in [5.41, 5.74) is -2.96.